The first-order chi connectivity index (χ1) is 8.20. The molecular formula is C12H16N4O. The summed E-state index contributed by atoms with van der Waals surface area (Å²) in [4.78, 5) is 6.10. The van der Waals surface area contributed by atoms with Crippen LogP contribution >= 0.6 is 0 Å². The molecule has 0 saturated carbocycles. The molecule has 0 atom stereocenters. The van der Waals surface area contributed by atoms with Crippen LogP contribution in [0.5, 0.6) is 0 Å². The zero-order chi connectivity index (χ0) is 12.3. The maximum atomic E-state index is 5.54. The second-order valence-electron chi connectivity index (χ2n) is 4.03. The van der Waals surface area contributed by atoms with Gasteiger partial charge in [-0.25, -0.2) is 0 Å². The van der Waals surface area contributed by atoms with Crippen molar-refractivity contribution in [2.75, 3.05) is 25.5 Å². The van der Waals surface area contributed by atoms with Gasteiger partial charge in [-0.15, -0.1) is 0 Å². The topological polar surface area (TPSA) is 68.2 Å². The highest BCUT2D eigenvalue weighted by molar-refractivity contribution is 5.55. The zero-order valence-corrected chi connectivity index (χ0v) is 10.1. The van der Waals surface area contributed by atoms with Crippen molar-refractivity contribution >= 4 is 5.95 Å². The third kappa shape index (κ3) is 2.62. The van der Waals surface area contributed by atoms with Crippen LogP contribution in [-0.2, 0) is 6.42 Å². The molecule has 17 heavy (non-hydrogen) atoms. The van der Waals surface area contributed by atoms with Crippen LogP contribution in [-0.4, -0.2) is 30.8 Å². The fourth-order valence-corrected chi connectivity index (χ4v) is 1.54. The lowest BCUT2D eigenvalue weighted by molar-refractivity contribution is 0.430. The summed E-state index contributed by atoms with van der Waals surface area (Å²) >= 11 is 0. The molecule has 0 unspecified atom stereocenters. The Balaban J connectivity index is 2.28. The number of anilines is 1. The molecule has 1 heterocycles. The fourth-order valence-electron chi connectivity index (χ4n) is 1.54. The zero-order valence-electron chi connectivity index (χ0n) is 10.1. The van der Waals surface area contributed by atoms with Crippen molar-refractivity contribution in [3.05, 3.63) is 29.8 Å². The monoisotopic (exact) mass is 232 g/mol. The lowest BCUT2D eigenvalue weighted by Gasteiger charge is -2.02. The van der Waals surface area contributed by atoms with Gasteiger partial charge in [-0.3, -0.25) is 0 Å². The summed E-state index contributed by atoms with van der Waals surface area (Å²) in [5, 5.41) is 3.88. The molecule has 0 aliphatic heterocycles. The molecule has 0 radical (unpaired) electrons. The van der Waals surface area contributed by atoms with E-state index in [1.807, 2.05) is 38.4 Å². The first kappa shape index (κ1) is 11.6. The highest BCUT2D eigenvalue weighted by Gasteiger charge is 2.09. The Kier molecular flexibility index (Phi) is 3.39. The molecule has 2 aromatic rings. The van der Waals surface area contributed by atoms with E-state index in [0.29, 0.717) is 18.4 Å². The SMILES string of the molecule is CN(C)c1noc(-c2cccc(CCN)c2)n1. The molecule has 0 saturated heterocycles. The number of nitrogens with two attached hydrogens (primary N) is 1. The average Bonchev–Trinajstić information content (AvgIpc) is 2.79. The molecule has 0 aliphatic rings. The Morgan fingerprint density at radius 3 is 2.82 bits per heavy atom. The average molecular weight is 232 g/mol. The van der Waals surface area contributed by atoms with Gasteiger partial charge in [0, 0.05) is 19.7 Å². The van der Waals surface area contributed by atoms with Gasteiger partial charge in [-0.1, -0.05) is 12.1 Å². The second kappa shape index (κ2) is 4.97. The van der Waals surface area contributed by atoms with Crippen LogP contribution in [0.4, 0.5) is 5.95 Å². The van der Waals surface area contributed by atoms with Crippen LogP contribution in [0.2, 0.25) is 0 Å². The van der Waals surface area contributed by atoms with E-state index in [4.69, 9.17) is 10.3 Å². The van der Waals surface area contributed by atoms with Crippen molar-refractivity contribution in [3.63, 3.8) is 0 Å². The van der Waals surface area contributed by atoms with Crippen LogP contribution in [0, 0.1) is 0 Å². The van der Waals surface area contributed by atoms with Gasteiger partial charge >= 0.3 is 0 Å². The highest BCUT2D eigenvalue weighted by atomic mass is 16.5. The Bertz CT molecular complexity index is 493. The molecule has 0 spiro atoms. The lowest BCUT2D eigenvalue weighted by atomic mass is 10.1. The van der Waals surface area contributed by atoms with E-state index in [1.54, 1.807) is 4.90 Å². The number of rotatable bonds is 4. The van der Waals surface area contributed by atoms with E-state index in [2.05, 4.69) is 10.1 Å². The third-order valence-electron chi connectivity index (χ3n) is 2.42. The van der Waals surface area contributed by atoms with Crippen molar-refractivity contribution in [3.8, 4) is 11.5 Å². The molecule has 5 nitrogen and oxygen atoms in total. The first-order valence-corrected chi connectivity index (χ1v) is 5.51. The molecule has 0 fully saturated rings. The Hall–Kier alpha value is -1.88. The maximum Gasteiger partial charge on any atom is 0.265 e. The smallest absolute Gasteiger partial charge is 0.265 e. The molecule has 5 heteroatoms. The molecule has 1 aromatic carbocycles. The standard InChI is InChI=1S/C12H16N4O/c1-16(2)12-14-11(17-15-12)10-5-3-4-9(8-10)6-7-13/h3-5,8H,6-7,13H2,1-2H3. The summed E-state index contributed by atoms with van der Waals surface area (Å²) in [6.45, 7) is 0.635. The minimum atomic E-state index is 0.535. The van der Waals surface area contributed by atoms with E-state index in [1.165, 1.54) is 5.56 Å². The van der Waals surface area contributed by atoms with Crippen molar-refractivity contribution in [2.45, 2.75) is 6.42 Å². The summed E-state index contributed by atoms with van der Waals surface area (Å²) in [5.74, 6) is 1.11. The van der Waals surface area contributed by atoms with Gasteiger partial charge in [-0.2, -0.15) is 4.98 Å². The summed E-state index contributed by atoms with van der Waals surface area (Å²) in [5.41, 5.74) is 7.64. The third-order valence-corrected chi connectivity index (χ3v) is 2.42. The van der Waals surface area contributed by atoms with Gasteiger partial charge in [0.1, 0.15) is 0 Å². The number of benzene rings is 1. The molecule has 0 aliphatic carbocycles. The van der Waals surface area contributed by atoms with Gasteiger partial charge in [-0.05, 0) is 35.8 Å². The van der Waals surface area contributed by atoms with Crippen molar-refractivity contribution in [1.29, 1.82) is 0 Å². The molecule has 0 amide bonds. The van der Waals surface area contributed by atoms with Gasteiger partial charge in [0.15, 0.2) is 0 Å². The number of nitrogens with zero attached hydrogens (tertiary/aromatic N) is 3. The predicted molar refractivity (Wildman–Crippen MR) is 66.8 cm³/mol. The van der Waals surface area contributed by atoms with E-state index in [0.717, 1.165) is 12.0 Å². The normalized spacial score (nSPS) is 10.5. The molecule has 90 valence electrons. The summed E-state index contributed by atoms with van der Waals surface area (Å²) in [6.07, 6.45) is 0.850. The number of hydrogen-bond donors (Lipinski definition) is 1. The van der Waals surface area contributed by atoms with Gasteiger partial charge in [0.05, 0.1) is 0 Å². The Labute approximate surface area is 100 Å². The van der Waals surface area contributed by atoms with Crippen LogP contribution in [0.25, 0.3) is 11.5 Å². The van der Waals surface area contributed by atoms with E-state index >= 15 is 0 Å². The van der Waals surface area contributed by atoms with Gasteiger partial charge in [0.25, 0.3) is 11.8 Å². The summed E-state index contributed by atoms with van der Waals surface area (Å²) in [6, 6.07) is 7.99. The summed E-state index contributed by atoms with van der Waals surface area (Å²) < 4.78 is 5.21. The molecule has 1 aromatic heterocycles. The summed E-state index contributed by atoms with van der Waals surface area (Å²) in [7, 11) is 3.75. The fraction of sp³-hybridized carbons (Fsp3) is 0.333. The van der Waals surface area contributed by atoms with Crippen LogP contribution < -0.4 is 10.6 Å². The molecular weight excluding hydrogens is 216 g/mol. The number of hydrogen-bond acceptors (Lipinski definition) is 5. The quantitative estimate of drug-likeness (QED) is 0.860. The Morgan fingerprint density at radius 1 is 1.35 bits per heavy atom. The van der Waals surface area contributed by atoms with Crippen molar-refractivity contribution < 1.29 is 4.52 Å². The minimum Gasteiger partial charge on any atom is -0.344 e. The second-order valence-corrected chi connectivity index (χ2v) is 4.03. The molecule has 0 bridgehead atoms. The molecule has 2 N–H and O–H groups in total. The Morgan fingerprint density at radius 2 is 2.18 bits per heavy atom. The minimum absolute atomic E-state index is 0.535. The van der Waals surface area contributed by atoms with E-state index in [-0.39, 0.29) is 0 Å². The van der Waals surface area contributed by atoms with E-state index in [9.17, 15) is 0 Å². The molecule has 2 rings (SSSR count). The lowest BCUT2D eigenvalue weighted by Crippen LogP contribution is -2.10. The first-order valence-electron chi connectivity index (χ1n) is 5.51. The van der Waals surface area contributed by atoms with Gasteiger partial charge < -0.3 is 15.2 Å². The largest absolute Gasteiger partial charge is 0.344 e. The maximum absolute atomic E-state index is 5.54. The van der Waals surface area contributed by atoms with E-state index < -0.39 is 0 Å². The number of aromatic nitrogens is 2. The van der Waals surface area contributed by atoms with Crippen LogP contribution in [0.3, 0.4) is 0 Å². The van der Waals surface area contributed by atoms with Crippen LogP contribution in [0.15, 0.2) is 28.8 Å². The highest BCUT2D eigenvalue weighted by Crippen LogP contribution is 2.20. The van der Waals surface area contributed by atoms with Gasteiger partial charge in [0.2, 0.25) is 0 Å². The van der Waals surface area contributed by atoms with Crippen molar-refractivity contribution in [1.82, 2.24) is 10.1 Å². The van der Waals surface area contributed by atoms with Crippen molar-refractivity contribution in [2.24, 2.45) is 5.73 Å². The predicted octanol–water partition coefficient (Wildman–Crippen LogP) is 1.30. The van der Waals surface area contributed by atoms with Crippen LogP contribution in [0.1, 0.15) is 5.56 Å².